The highest BCUT2D eigenvalue weighted by Gasteiger charge is 2.46. The number of imidazole rings is 1. The molecule has 3 aliphatic rings. The van der Waals surface area contributed by atoms with Gasteiger partial charge in [-0.3, -0.25) is 14.5 Å². The average molecular weight is 432 g/mol. The minimum Gasteiger partial charge on any atom is -0.354 e. The van der Waals surface area contributed by atoms with E-state index in [9.17, 15) is 14.4 Å². The van der Waals surface area contributed by atoms with E-state index in [1.807, 2.05) is 36.6 Å². The number of hydrogen-bond donors (Lipinski definition) is 3. The van der Waals surface area contributed by atoms with E-state index in [1.54, 1.807) is 6.33 Å². The molecule has 1 aliphatic carbocycles. The van der Waals surface area contributed by atoms with Crippen molar-refractivity contribution in [2.45, 2.75) is 63.8 Å². The van der Waals surface area contributed by atoms with Crippen molar-refractivity contribution in [1.29, 1.82) is 0 Å². The van der Waals surface area contributed by atoms with E-state index in [-0.39, 0.29) is 41.9 Å². The van der Waals surface area contributed by atoms with Crippen LogP contribution in [0.2, 0.25) is 0 Å². The Morgan fingerprint density at radius 1 is 1.26 bits per heavy atom. The molecule has 1 aromatic rings. The lowest BCUT2D eigenvalue weighted by Crippen LogP contribution is -2.62. The number of rotatable bonds is 7. The number of carbonyl (C=O) groups excluding carboxylic acids is 3. The van der Waals surface area contributed by atoms with Crippen LogP contribution in [0.4, 0.5) is 4.79 Å². The van der Waals surface area contributed by atoms with Crippen molar-refractivity contribution in [2.75, 3.05) is 19.6 Å². The fraction of sp³-hybridized carbons (Fsp3) is 0.714. The molecule has 170 valence electrons. The van der Waals surface area contributed by atoms with E-state index in [1.165, 1.54) is 0 Å². The zero-order valence-electron chi connectivity index (χ0n) is 18.5. The quantitative estimate of drug-likeness (QED) is 0.554. The van der Waals surface area contributed by atoms with Crippen molar-refractivity contribution in [3.63, 3.8) is 0 Å². The summed E-state index contributed by atoms with van der Waals surface area (Å²) in [7, 11) is 1.94. The maximum absolute atomic E-state index is 13.4. The van der Waals surface area contributed by atoms with Gasteiger partial charge >= 0.3 is 6.03 Å². The molecule has 0 radical (unpaired) electrons. The Morgan fingerprint density at radius 2 is 2.03 bits per heavy atom. The lowest BCUT2D eigenvalue weighted by molar-refractivity contribution is -0.144. The lowest BCUT2D eigenvalue weighted by Gasteiger charge is -2.42. The molecule has 1 saturated carbocycles. The van der Waals surface area contributed by atoms with Crippen LogP contribution in [0.25, 0.3) is 0 Å². The van der Waals surface area contributed by atoms with Gasteiger partial charge in [0.25, 0.3) is 0 Å². The second kappa shape index (κ2) is 8.86. The molecule has 3 fully saturated rings. The van der Waals surface area contributed by atoms with Gasteiger partial charge in [-0.05, 0) is 33.1 Å². The monoisotopic (exact) mass is 431 g/mol. The molecule has 3 atom stereocenters. The van der Waals surface area contributed by atoms with Gasteiger partial charge in [0.15, 0.2) is 0 Å². The predicted molar refractivity (Wildman–Crippen MR) is 114 cm³/mol. The molecule has 2 aliphatic heterocycles. The van der Waals surface area contributed by atoms with Gasteiger partial charge in [0.2, 0.25) is 11.8 Å². The number of amides is 4. The third-order valence-corrected chi connectivity index (χ3v) is 6.32. The number of aromatic nitrogens is 2. The number of nitrogens with zero attached hydrogens (tertiary/aromatic N) is 4. The summed E-state index contributed by atoms with van der Waals surface area (Å²) >= 11 is 0. The number of urea groups is 1. The van der Waals surface area contributed by atoms with Crippen molar-refractivity contribution < 1.29 is 14.4 Å². The van der Waals surface area contributed by atoms with Crippen LogP contribution in [-0.2, 0) is 23.2 Å². The van der Waals surface area contributed by atoms with E-state index in [0.29, 0.717) is 26.2 Å². The Bertz CT molecular complexity index is 835. The Balaban J connectivity index is 1.45. The molecule has 2 saturated heterocycles. The fourth-order valence-corrected chi connectivity index (χ4v) is 4.52. The van der Waals surface area contributed by atoms with Gasteiger partial charge in [0.1, 0.15) is 6.04 Å². The third kappa shape index (κ3) is 5.00. The molecule has 4 amide bonds. The smallest absolute Gasteiger partial charge is 0.315 e. The Labute approximate surface area is 182 Å². The maximum atomic E-state index is 13.4. The molecule has 1 aromatic heterocycles. The van der Waals surface area contributed by atoms with Gasteiger partial charge < -0.3 is 25.4 Å². The maximum Gasteiger partial charge on any atom is 0.315 e. The largest absolute Gasteiger partial charge is 0.354 e. The van der Waals surface area contributed by atoms with Crippen molar-refractivity contribution in [3.05, 3.63) is 18.2 Å². The van der Waals surface area contributed by atoms with Gasteiger partial charge in [-0.2, -0.15) is 0 Å². The Morgan fingerprint density at radius 3 is 2.68 bits per heavy atom. The van der Waals surface area contributed by atoms with Gasteiger partial charge in [0, 0.05) is 57.4 Å². The average Bonchev–Trinajstić information content (AvgIpc) is 3.36. The first kappa shape index (κ1) is 21.6. The van der Waals surface area contributed by atoms with Gasteiger partial charge in [-0.1, -0.05) is 0 Å². The number of carbonyl (C=O) groups is 3. The zero-order chi connectivity index (χ0) is 22.1. The Hall–Kier alpha value is -2.62. The van der Waals surface area contributed by atoms with Crippen LogP contribution < -0.4 is 16.0 Å². The minimum atomic E-state index is -0.419. The van der Waals surface area contributed by atoms with E-state index >= 15 is 0 Å². The highest BCUT2D eigenvalue weighted by Crippen LogP contribution is 2.30. The summed E-state index contributed by atoms with van der Waals surface area (Å²) in [5.41, 5.74) is 1.02. The Kier molecular flexibility index (Phi) is 6.17. The van der Waals surface area contributed by atoms with E-state index in [4.69, 9.17) is 0 Å². The van der Waals surface area contributed by atoms with E-state index < -0.39 is 6.04 Å². The van der Waals surface area contributed by atoms with Crippen LogP contribution in [-0.4, -0.2) is 81.0 Å². The van der Waals surface area contributed by atoms with Crippen LogP contribution in [0.1, 0.15) is 38.8 Å². The van der Waals surface area contributed by atoms with Crippen molar-refractivity contribution >= 4 is 17.8 Å². The van der Waals surface area contributed by atoms with Gasteiger partial charge in [-0.15, -0.1) is 0 Å². The zero-order valence-corrected chi connectivity index (χ0v) is 18.5. The van der Waals surface area contributed by atoms with Crippen molar-refractivity contribution in [1.82, 2.24) is 35.3 Å². The summed E-state index contributed by atoms with van der Waals surface area (Å²) in [6, 6.07) is -0.602. The van der Waals surface area contributed by atoms with E-state index in [0.717, 1.165) is 25.0 Å². The molecule has 0 unspecified atom stereocenters. The summed E-state index contributed by atoms with van der Waals surface area (Å²) in [6.45, 7) is 5.92. The molecule has 0 aromatic carbocycles. The predicted octanol–water partition coefficient (Wildman–Crippen LogP) is -0.192. The number of hydrogen-bond acceptors (Lipinski definition) is 5. The van der Waals surface area contributed by atoms with Crippen molar-refractivity contribution in [2.24, 2.45) is 13.0 Å². The molecule has 3 heterocycles. The summed E-state index contributed by atoms with van der Waals surface area (Å²) in [4.78, 5) is 46.0. The summed E-state index contributed by atoms with van der Waals surface area (Å²) < 4.78 is 1.95. The molecule has 31 heavy (non-hydrogen) atoms. The van der Waals surface area contributed by atoms with Gasteiger partial charge in [0.05, 0.1) is 18.1 Å². The molecular formula is C21H33N7O3. The molecule has 0 spiro atoms. The first-order valence-electron chi connectivity index (χ1n) is 11.2. The lowest BCUT2D eigenvalue weighted by atomic mass is 10.0. The minimum absolute atomic E-state index is 0.0167. The summed E-state index contributed by atoms with van der Waals surface area (Å²) in [5, 5.41) is 8.83. The first-order chi connectivity index (χ1) is 14.8. The topological polar surface area (TPSA) is 112 Å². The SMILES string of the molecule is CC(C)NC(=O)N[C@H]1C[C@H]2CN(Cc3cncn3C)[C@@H](CNC(=O)C3CC3)C(=O)N2C1. The summed E-state index contributed by atoms with van der Waals surface area (Å²) in [6.07, 6.45) is 6.15. The normalized spacial score (nSPS) is 26.1. The molecule has 3 N–H and O–H groups in total. The fourth-order valence-electron chi connectivity index (χ4n) is 4.52. The van der Waals surface area contributed by atoms with Crippen LogP contribution in [0.15, 0.2) is 12.5 Å². The molecule has 10 heteroatoms. The second-order valence-electron chi connectivity index (χ2n) is 9.31. The number of aryl methyl sites for hydroxylation is 1. The first-order valence-corrected chi connectivity index (χ1v) is 11.2. The van der Waals surface area contributed by atoms with Crippen LogP contribution in [0, 0.1) is 5.92 Å². The van der Waals surface area contributed by atoms with Crippen LogP contribution in [0.3, 0.4) is 0 Å². The van der Waals surface area contributed by atoms with Crippen molar-refractivity contribution in [3.8, 4) is 0 Å². The standard InChI is InChI=1S/C21H33N7O3/c1-13(2)24-21(31)25-15-6-16-10-27(11-17-7-22-12-26(17)3)18(20(30)28(16)9-15)8-23-19(29)14-4-5-14/h7,12-16,18H,4-6,8-11H2,1-3H3,(H,23,29)(H2,24,25,31)/t15-,16-,18-/m0/s1. The summed E-state index contributed by atoms with van der Waals surface area (Å²) in [5.74, 6) is 0.168. The highest BCUT2D eigenvalue weighted by atomic mass is 16.2. The van der Waals surface area contributed by atoms with Gasteiger partial charge in [-0.25, -0.2) is 9.78 Å². The molecular weight excluding hydrogens is 398 g/mol. The number of fused-ring (bicyclic) bond motifs is 1. The molecule has 10 nitrogen and oxygen atoms in total. The third-order valence-electron chi connectivity index (χ3n) is 6.32. The van der Waals surface area contributed by atoms with Crippen LogP contribution >= 0.6 is 0 Å². The van der Waals surface area contributed by atoms with Crippen LogP contribution in [0.5, 0.6) is 0 Å². The number of piperazine rings is 1. The second-order valence-corrected chi connectivity index (χ2v) is 9.31. The number of nitrogens with one attached hydrogen (secondary N) is 3. The molecule has 0 bridgehead atoms. The molecule has 4 rings (SSSR count). The highest BCUT2D eigenvalue weighted by molar-refractivity contribution is 5.86. The van der Waals surface area contributed by atoms with E-state index in [2.05, 4.69) is 25.8 Å².